The number of hydrogen-bond donors (Lipinski definition) is 2. The quantitative estimate of drug-likeness (QED) is 0.198. The zero-order valence-corrected chi connectivity index (χ0v) is 6.15. The molecule has 7 heteroatoms. The van der Waals surface area contributed by atoms with E-state index in [1.54, 1.807) is 0 Å². The van der Waals surface area contributed by atoms with Crippen molar-refractivity contribution in [3.63, 3.8) is 0 Å². The second-order valence-electron chi connectivity index (χ2n) is 1.63. The first-order valence-electron chi connectivity index (χ1n) is 2.92. The first kappa shape index (κ1) is 9.99. The Morgan fingerprint density at radius 3 is 2.75 bits per heavy atom. The summed E-state index contributed by atoms with van der Waals surface area (Å²) in [4.78, 5) is 23.4. The molecule has 0 saturated carbocycles. The number of hydrogen-bond acceptors (Lipinski definition) is 3. The van der Waals surface area contributed by atoms with E-state index in [0.717, 1.165) is 6.08 Å². The van der Waals surface area contributed by atoms with Crippen LogP contribution in [0.4, 0.5) is 0 Å². The Bertz CT molecular complexity index is 242. The molecule has 0 bridgehead atoms. The molecule has 0 unspecified atom stereocenters. The van der Waals surface area contributed by atoms with Crippen molar-refractivity contribution in [1.82, 2.24) is 10.9 Å². The van der Waals surface area contributed by atoms with Crippen molar-refractivity contribution in [2.75, 3.05) is 6.54 Å². The van der Waals surface area contributed by atoms with E-state index in [2.05, 4.69) is 16.6 Å². The highest BCUT2D eigenvalue weighted by Crippen LogP contribution is 1.70. The first-order chi connectivity index (χ1) is 5.70. The van der Waals surface area contributed by atoms with Crippen LogP contribution in [-0.2, 0) is 9.59 Å². The lowest BCUT2D eigenvalue weighted by molar-refractivity contribution is -0.125. The summed E-state index contributed by atoms with van der Waals surface area (Å²) in [5.74, 6) is -1.13. The van der Waals surface area contributed by atoms with Gasteiger partial charge >= 0.3 is 0 Å². The van der Waals surface area contributed by atoms with Crippen molar-refractivity contribution >= 4 is 11.8 Å². The van der Waals surface area contributed by atoms with Crippen LogP contribution in [-0.4, -0.2) is 18.4 Å². The summed E-state index contributed by atoms with van der Waals surface area (Å²) < 4.78 is 0. The van der Waals surface area contributed by atoms with Gasteiger partial charge in [-0.1, -0.05) is 11.7 Å². The minimum Gasteiger partial charge on any atom is -0.273 e. The molecule has 12 heavy (non-hydrogen) atoms. The van der Waals surface area contributed by atoms with Crippen LogP contribution >= 0.6 is 0 Å². The van der Waals surface area contributed by atoms with E-state index in [0.29, 0.717) is 0 Å². The third kappa shape index (κ3) is 4.83. The molecule has 2 amide bonds. The van der Waals surface area contributed by atoms with Gasteiger partial charge in [-0.25, -0.2) is 0 Å². The van der Waals surface area contributed by atoms with Crippen LogP contribution in [0.15, 0.2) is 17.8 Å². The minimum absolute atomic E-state index is 0.353. The van der Waals surface area contributed by atoms with E-state index < -0.39 is 11.8 Å². The summed E-state index contributed by atoms with van der Waals surface area (Å²) in [6, 6.07) is 0. The Morgan fingerprint density at radius 2 is 2.25 bits per heavy atom. The zero-order chi connectivity index (χ0) is 9.40. The molecule has 7 nitrogen and oxygen atoms in total. The maximum Gasteiger partial charge on any atom is 0.261 e. The predicted molar refractivity (Wildman–Crippen MR) is 40.5 cm³/mol. The number of carbonyl (C=O) groups is 2. The third-order valence-corrected chi connectivity index (χ3v) is 0.788. The summed E-state index contributed by atoms with van der Waals surface area (Å²) in [6.45, 7) is 2.80. The molecular formula is C5H7N5O2. The summed E-state index contributed by atoms with van der Waals surface area (Å²) in [5.41, 5.74) is 11.8. The molecule has 0 heterocycles. The van der Waals surface area contributed by atoms with E-state index in [9.17, 15) is 9.59 Å². The molecule has 2 N–H and O–H groups in total. The normalized spacial score (nSPS) is 7.67. The molecule has 64 valence electrons. The van der Waals surface area contributed by atoms with Gasteiger partial charge in [0.25, 0.3) is 5.91 Å². The largest absolute Gasteiger partial charge is 0.273 e. The van der Waals surface area contributed by atoms with Crippen molar-refractivity contribution in [2.24, 2.45) is 5.11 Å². The van der Waals surface area contributed by atoms with Crippen LogP contribution in [0.1, 0.15) is 0 Å². The van der Waals surface area contributed by atoms with Crippen LogP contribution in [0, 0.1) is 0 Å². The summed E-state index contributed by atoms with van der Waals surface area (Å²) in [6.07, 6.45) is 0.994. The van der Waals surface area contributed by atoms with Crippen molar-refractivity contribution in [1.29, 1.82) is 0 Å². The lowest BCUT2D eigenvalue weighted by Gasteiger charge is -2.01. The molecule has 0 aromatic rings. The maximum atomic E-state index is 10.6. The molecule has 0 aromatic heterocycles. The Morgan fingerprint density at radius 1 is 1.58 bits per heavy atom. The summed E-state index contributed by atoms with van der Waals surface area (Å²) >= 11 is 0. The highest BCUT2D eigenvalue weighted by atomic mass is 16.2. The number of carbonyl (C=O) groups excluding carboxylic acids is 2. The van der Waals surface area contributed by atoms with Gasteiger partial charge in [-0.15, -0.1) is 0 Å². The number of nitrogens with one attached hydrogen (secondary N) is 2. The Balaban J connectivity index is 3.63. The molecule has 0 rings (SSSR count). The van der Waals surface area contributed by atoms with Crippen LogP contribution in [0.2, 0.25) is 0 Å². The van der Waals surface area contributed by atoms with Gasteiger partial charge in [-0.05, 0) is 11.6 Å². The van der Waals surface area contributed by atoms with E-state index >= 15 is 0 Å². The second kappa shape index (κ2) is 5.75. The maximum absolute atomic E-state index is 10.6. The van der Waals surface area contributed by atoms with Crippen molar-refractivity contribution in [3.8, 4) is 0 Å². The van der Waals surface area contributed by atoms with Crippen molar-refractivity contribution in [3.05, 3.63) is 23.1 Å². The highest BCUT2D eigenvalue weighted by Gasteiger charge is 1.98. The lowest BCUT2D eigenvalue weighted by Crippen LogP contribution is -2.41. The van der Waals surface area contributed by atoms with Gasteiger partial charge in [0.1, 0.15) is 6.54 Å². The van der Waals surface area contributed by atoms with E-state index in [1.165, 1.54) is 0 Å². The fraction of sp³-hybridized carbons (Fsp3) is 0.200. The second-order valence-corrected chi connectivity index (χ2v) is 1.63. The zero-order valence-electron chi connectivity index (χ0n) is 6.15. The van der Waals surface area contributed by atoms with Crippen LogP contribution in [0.5, 0.6) is 0 Å². The summed E-state index contributed by atoms with van der Waals surface area (Å²) in [5, 5.41) is 2.97. The molecule has 0 aliphatic carbocycles. The van der Waals surface area contributed by atoms with Crippen molar-refractivity contribution < 1.29 is 9.59 Å². The van der Waals surface area contributed by atoms with Gasteiger partial charge in [0, 0.05) is 4.91 Å². The molecule has 0 aromatic carbocycles. The van der Waals surface area contributed by atoms with E-state index in [4.69, 9.17) is 5.53 Å². The van der Waals surface area contributed by atoms with Gasteiger partial charge < -0.3 is 0 Å². The fourth-order valence-electron chi connectivity index (χ4n) is 0.318. The van der Waals surface area contributed by atoms with Crippen LogP contribution in [0.3, 0.4) is 0 Å². The topological polar surface area (TPSA) is 107 Å². The molecule has 0 atom stereocenters. The van der Waals surface area contributed by atoms with Crippen LogP contribution in [0.25, 0.3) is 10.4 Å². The molecule has 0 saturated heterocycles. The number of hydrazine groups is 1. The average Bonchev–Trinajstić information content (AvgIpc) is 2.10. The standard InChI is InChI=1S/C5H7N5O2/c1-2-4(11)8-9-5(12)3-7-10-6/h2H,1,3H2,(H,8,11)(H,9,12). The molecule has 0 fully saturated rings. The number of rotatable bonds is 3. The SMILES string of the molecule is C=CC(=O)NNC(=O)CN=[N+]=[N-]. The minimum atomic E-state index is -0.594. The highest BCUT2D eigenvalue weighted by molar-refractivity contribution is 5.89. The number of amides is 2. The average molecular weight is 169 g/mol. The van der Waals surface area contributed by atoms with Gasteiger partial charge in [0.2, 0.25) is 5.91 Å². The monoisotopic (exact) mass is 169 g/mol. The number of nitrogens with zero attached hydrogens (tertiary/aromatic N) is 3. The van der Waals surface area contributed by atoms with E-state index in [1.807, 2.05) is 10.9 Å². The van der Waals surface area contributed by atoms with Crippen molar-refractivity contribution in [2.45, 2.75) is 0 Å². The molecule has 0 aliphatic heterocycles. The Kier molecular flexibility index (Phi) is 4.79. The Hall–Kier alpha value is -2.01. The predicted octanol–water partition coefficient (Wildman–Crippen LogP) is -0.370. The summed E-state index contributed by atoms with van der Waals surface area (Å²) in [7, 11) is 0. The van der Waals surface area contributed by atoms with Gasteiger partial charge in [-0.2, -0.15) is 0 Å². The van der Waals surface area contributed by atoms with Crippen LogP contribution < -0.4 is 10.9 Å². The molecular weight excluding hydrogens is 162 g/mol. The smallest absolute Gasteiger partial charge is 0.261 e. The van der Waals surface area contributed by atoms with Gasteiger partial charge in [0.05, 0.1) is 0 Å². The fourth-order valence-corrected chi connectivity index (χ4v) is 0.318. The molecule has 0 aliphatic rings. The van der Waals surface area contributed by atoms with E-state index in [-0.39, 0.29) is 6.54 Å². The first-order valence-corrected chi connectivity index (χ1v) is 2.92. The third-order valence-electron chi connectivity index (χ3n) is 0.788. The Labute approximate surface area is 68.0 Å². The lowest BCUT2D eigenvalue weighted by atomic mass is 10.6. The van der Waals surface area contributed by atoms with Gasteiger partial charge in [0.15, 0.2) is 0 Å². The molecule has 0 spiro atoms. The number of azide groups is 1. The molecule has 0 radical (unpaired) electrons. The van der Waals surface area contributed by atoms with Gasteiger partial charge in [-0.3, -0.25) is 20.4 Å².